The van der Waals surface area contributed by atoms with Crippen molar-refractivity contribution in [3.05, 3.63) is 24.3 Å². The topological polar surface area (TPSA) is 72.8 Å². The number of hydrogen-bond donors (Lipinski definition) is 1. The van der Waals surface area contributed by atoms with E-state index >= 15 is 0 Å². The summed E-state index contributed by atoms with van der Waals surface area (Å²) in [5.74, 6) is -0.308. The lowest BCUT2D eigenvalue weighted by molar-refractivity contribution is -0.140. The zero-order valence-corrected chi connectivity index (χ0v) is 13.0. The summed E-state index contributed by atoms with van der Waals surface area (Å²) in [5, 5.41) is 8.19. The maximum absolute atomic E-state index is 11.1. The highest BCUT2D eigenvalue weighted by Gasteiger charge is 2.21. The molecule has 0 aromatic heterocycles. The molecule has 0 amide bonds. The van der Waals surface area contributed by atoms with E-state index in [0.29, 0.717) is 17.1 Å². The molecule has 120 valence electrons. The van der Waals surface area contributed by atoms with E-state index in [1.54, 1.807) is 6.92 Å². The Morgan fingerprint density at radius 3 is 2.14 bits per heavy atom. The van der Waals surface area contributed by atoms with Gasteiger partial charge in [-0.1, -0.05) is 32.4 Å². The molecule has 1 saturated carbocycles. The summed E-state index contributed by atoms with van der Waals surface area (Å²) < 4.78 is 9.09. The van der Waals surface area contributed by atoms with E-state index < -0.39 is 5.97 Å². The van der Waals surface area contributed by atoms with Gasteiger partial charge in [0.15, 0.2) is 0 Å². The summed E-state index contributed by atoms with van der Waals surface area (Å²) in [7, 11) is 1.41. The van der Waals surface area contributed by atoms with Crippen molar-refractivity contribution >= 4 is 11.9 Å². The number of hydrogen-bond acceptors (Lipinski definition) is 5. The molecule has 0 spiro atoms. The summed E-state index contributed by atoms with van der Waals surface area (Å²) in [6.45, 7) is 8.59. The third-order valence-corrected chi connectivity index (χ3v) is 3.22. The van der Waals surface area contributed by atoms with Crippen LogP contribution in [0.15, 0.2) is 24.3 Å². The first-order chi connectivity index (χ1) is 9.93. The van der Waals surface area contributed by atoms with E-state index in [2.05, 4.69) is 22.6 Å². The molecule has 0 saturated heterocycles. The number of carbonyl (C=O) groups is 2. The number of rotatable bonds is 5. The molecule has 0 aliphatic heterocycles. The summed E-state index contributed by atoms with van der Waals surface area (Å²) in [5.41, 5.74) is 1.01. The van der Waals surface area contributed by atoms with Gasteiger partial charge in [-0.25, -0.2) is 9.59 Å². The van der Waals surface area contributed by atoms with Crippen LogP contribution in [0.2, 0.25) is 0 Å². The van der Waals surface area contributed by atoms with Gasteiger partial charge >= 0.3 is 11.9 Å². The fraction of sp³-hybridized carbons (Fsp3) is 0.625. The van der Waals surface area contributed by atoms with E-state index in [1.165, 1.54) is 26.4 Å². The molecule has 0 aromatic rings. The predicted molar refractivity (Wildman–Crippen MR) is 80.6 cm³/mol. The lowest BCUT2D eigenvalue weighted by Gasteiger charge is -2.21. The minimum Gasteiger partial charge on any atom is -0.466 e. The minimum absolute atomic E-state index is 0.0473. The van der Waals surface area contributed by atoms with Gasteiger partial charge in [-0.2, -0.15) is 0 Å². The maximum atomic E-state index is 11.1. The molecule has 1 aliphatic carbocycles. The van der Waals surface area contributed by atoms with Crippen LogP contribution < -0.4 is 0 Å². The first-order valence-corrected chi connectivity index (χ1v) is 7.14. The summed E-state index contributed by atoms with van der Waals surface area (Å²) in [6, 6.07) is 0. The van der Waals surface area contributed by atoms with Gasteiger partial charge < -0.3 is 14.6 Å². The Morgan fingerprint density at radius 1 is 1.14 bits per heavy atom. The van der Waals surface area contributed by atoms with E-state index in [1.807, 2.05) is 0 Å². The molecule has 1 rings (SSSR count). The molecule has 0 atom stereocenters. The van der Waals surface area contributed by atoms with Gasteiger partial charge in [-0.05, 0) is 25.7 Å². The van der Waals surface area contributed by atoms with E-state index in [9.17, 15) is 9.59 Å². The second kappa shape index (κ2) is 11.1. The van der Waals surface area contributed by atoms with Crippen LogP contribution >= 0.6 is 0 Å². The summed E-state index contributed by atoms with van der Waals surface area (Å²) in [4.78, 5) is 21.6. The molecule has 5 heteroatoms. The van der Waals surface area contributed by atoms with Crippen molar-refractivity contribution < 1.29 is 24.2 Å². The Morgan fingerprint density at radius 2 is 1.71 bits per heavy atom. The van der Waals surface area contributed by atoms with E-state index in [4.69, 9.17) is 5.11 Å². The fourth-order valence-corrected chi connectivity index (χ4v) is 2.01. The van der Waals surface area contributed by atoms with Gasteiger partial charge in [0.25, 0.3) is 0 Å². The molecule has 21 heavy (non-hydrogen) atoms. The smallest absolute Gasteiger partial charge is 0.333 e. The van der Waals surface area contributed by atoms with Crippen LogP contribution in [0.3, 0.4) is 0 Å². The maximum Gasteiger partial charge on any atom is 0.333 e. The van der Waals surface area contributed by atoms with E-state index in [0.717, 1.165) is 12.8 Å². The predicted octanol–water partition coefficient (Wildman–Crippen LogP) is 2.39. The van der Waals surface area contributed by atoms with Crippen LogP contribution in [0.5, 0.6) is 0 Å². The van der Waals surface area contributed by atoms with Gasteiger partial charge in [0.05, 0.1) is 13.7 Å². The number of aliphatic hydroxyl groups excluding tert-OH is 1. The van der Waals surface area contributed by atoms with E-state index in [-0.39, 0.29) is 19.2 Å². The Balaban J connectivity index is 0.000000400. The van der Waals surface area contributed by atoms with Crippen LogP contribution in [-0.4, -0.2) is 37.4 Å². The molecule has 1 aliphatic rings. The SMILES string of the molecule is C=C(C(=O)OC)C1CCCCC1.C=C(C)C(=O)OCCO. The van der Waals surface area contributed by atoms with Gasteiger partial charge in [0.1, 0.15) is 6.61 Å². The second-order valence-electron chi connectivity index (χ2n) is 4.99. The van der Waals surface area contributed by atoms with Gasteiger partial charge in [-0.15, -0.1) is 0 Å². The standard InChI is InChI=1S/C10H16O2.C6H10O3/c1-8(10(11)12-2)9-6-4-3-5-7-9;1-5(2)6(8)9-4-3-7/h9H,1,3-7H2,2H3;7H,1,3-4H2,2H3. The zero-order valence-electron chi connectivity index (χ0n) is 13.0. The zero-order chi connectivity index (χ0) is 16.3. The normalized spacial score (nSPS) is 14.4. The van der Waals surface area contributed by atoms with Crippen molar-refractivity contribution in [1.82, 2.24) is 0 Å². The number of carbonyl (C=O) groups excluding carboxylic acids is 2. The van der Waals surface area contributed by atoms with Crippen LogP contribution in [0.4, 0.5) is 0 Å². The molecule has 1 fully saturated rings. The first-order valence-electron chi connectivity index (χ1n) is 7.14. The Labute approximate surface area is 126 Å². The molecule has 0 bridgehead atoms. The Hall–Kier alpha value is -1.62. The molecule has 5 nitrogen and oxygen atoms in total. The molecule has 1 N–H and O–H groups in total. The fourth-order valence-electron chi connectivity index (χ4n) is 2.01. The lowest BCUT2D eigenvalue weighted by Crippen LogP contribution is -2.16. The van der Waals surface area contributed by atoms with Gasteiger partial charge in [-0.3, -0.25) is 0 Å². The Kier molecular flexibility index (Phi) is 10.2. The van der Waals surface area contributed by atoms with Gasteiger partial charge in [0, 0.05) is 11.1 Å². The quantitative estimate of drug-likeness (QED) is 0.623. The third-order valence-electron chi connectivity index (χ3n) is 3.22. The summed E-state index contributed by atoms with van der Waals surface area (Å²) >= 11 is 0. The first kappa shape index (κ1) is 19.4. The Bertz CT molecular complexity index is 367. The van der Waals surface area contributed by atoms with Crippen molar-refractivity contribution in [2.45, 2.75) is 39.0 Å². The average molecular weight is 298 g/mol. The molecule has 0 heterocycles. The van der Waals surface area contributed by atoms with Crippen molar-refractivity contribution in [3.8, 4) is 0 Å². The molecular formula is C16H26O5. The monoisotopic (exact) mass is 298 g/mol. The lowest BCUT2D eigenvalue weighted by atomic mass is 9.84. The number of ether oxygens (including phenoxy) is 2. The largest absolute Gasteiger partial charge is 0.466 e. The second-order valence-corrected chi connectivity index (χ2v) is 4.99. The van der Waals surface area contributed by atoms with Crippen LogP contribution in [0.25, 0.3) is 0 Å². The van der Waals surface area contributed by atoms with Crippen molar-refractivity contribution in [1.29, 1.82) is 0 Å². The van der Waals surface area contributed by atoms with Crippen LogP contribution in [0, 0.1) is 5.92 Å². The highest BCUT2D eigenvalue weighted by atomic mass is 16.5. The third kappa shape index (κ3) is 8.30. The number of methoxy groups -OCH3 is 1. The molecule has 0 aromatic carbocycles. The molecule has 0 unspecified atom stereocenters. The van der Waals surface area contributed by atoms with Crippen molar-refractivity contribution in [3.63, 3.8) is 0 Å². The number of esters is 2. The molecule has 0 radical (unpaired) electrons. The van der Waals surface area contributed by atoms with Crippen LogP contribution in [0.1, 0.15) is 39.0 Å². The van der Waals surface area contributed by atoms with Crippen LogP contribution in [-0.2, 0) is 19.1 Å². The number of aliphatic hydroxyl groups is 1. The molecular weight excluding hydrogens is 272 g/mol. The van der Waals surface area contributed by atoms with Crippen molar-refractivity contribution in [2.75, 3.05) is 20.3 Å². The van der Waals surface area contributed by atoms with Gasteiger partial charge in [0.2, 0.25) is 0 Å². The average Bonchev–Trinajstić information content (AvgIpc) is 2.52. The summed E-state index contributed by atoms with van der Waals surface area (Å²) in [6.07, 6.45) is 5.95. The van der Waals surface area contributed by atoms with Crippen molar-refractivity contribution in [2.24, 2.45) is 5.92 Å². The highest BCUT2D eigenvalue weighted by molar-refractivity contribution is 5.88. The minimum atomic E-state index is -0.455. The highest BCUT2D eigenvalue weighted by Crippen LogP contribution is 2.29.